The number of fused-ring (bicyclic) bond motifs is 1. The SMILES string of the molecule is C=C1C(=CC=C2CCC[C@]3(C)[C@@H]([C@H](C)C=C[C@@H](O)C4(c5ncc(C)s5)CC4)CC[C@@H]23)C[C@@H](O)C[C@@H]1O. The largest absolute Gasteiger partial charge is 0.393 e. The molecule has 5 rings (SSSR count). The summed E-state index contributed by atoms with van der Waals surface area (Å²) in [6.45, 7) is 11.0. The second-order valence-electron chi connectivity index (χ2n) is 12.3. The predicted octanol–water partition coefficient (Wildman–Crippen LogP) is 6.18. The fourth-order valence-electron chi connectivity index (χ4n) is 7.56. The molecule has 0 aliphatic heterocycles. The minimum atomic E-state index is -0.636. The lowest BCUT2D eigenvalue weighted by Crippen LogP contribution is -2.35. The van der Waals surface area contributed by atoms with Crippen LogP contribution in [0.2, 0.25) is 0 Å². The Morgan fingerprint density at radius 1 is 1.17 bits per heavy atom. The molecule has 3 N–H and O–H groups in total. The zero-order chi connectivity index (χ0) is 25.7. The maximum absolute atomic E-state index is 11.1. The van der Waals surface area contributed by atoms with E-state index in [4.69, 9.17) is 0 Å². The Bertz CT molecular complexity index is 1080. The number of nitrogens with zero attached hydrogens (tertiary/aromatic N) is 1. The van der Waals surface area contributed by atoms with E-state index >= 15 is 0 Å². The van der Waals surface area contributed by atoms with E-state index in [9.17, 15) is 15.3 Å². The number of thiazole rings is 1. The van der Waals surface area contributed by atoms with Gasteiger partial charge in [0.15, 0.2) is 0 Å². The molecule has 1 aromatic rings. The van der Waals surface area contributed by atoms with E-state index in [2.05, 4.69) is 56.6 Å². The number of hydrogen-bond acceptors (Lipinski definition) is 5. The van der Waals surface area contributed by atoms with Gasteiger partial charge in [-0.15, -0.1) is 11.3 Å². The molecule has 0 saturated heterocycles. The molecule has 5 heteroatoms. The first kappa shape index (κ1) is 26.1. The van der Waals surface area contributed by atoms with Crippen molar-refractivity contribution in [1.82, 2.24) is 4.98 Å². The number of aliphatic hydroxyl groups is 3. The van der Waals surface area contributed by atoms with E-state index in [-0.39, 0.29) is 10.8 Å². The second-order valence-corrected chi connectivity index (χ2v) is 13.5. The van der Waals surface area contributed by atoms with E-state index in [1.807, 2.05) is 6.20 Å². The lowest BCUT2D eigenvalue weighted by atomic mass is 9.61. The molecule has 1 aromatic heterocycles. The minimum Gasteiger partial charge on any atom is -0.393 e. The number of rotatable bonds is 6. The summed E-state index contributed by atoms with van der Waals surface area (Å²) in [6.07, 6.45) is 18.1. The van der Waals surface area contributed by atoms with Crippen LogP contribution >= 0.6 is 11.3 Å². The topological polar surface area (TPSA) is 73.6 Å². The number of aliphatic hydroxyl groups excluding tert-OH is 3. The molecule has 0 aromatic carbocycles. The number of allylic oxidation sites excluding steroid dienone is 4. The van der Waals surface area contributed by atoms with Crippen LogP contribution in [0.1, 0.15) is 81.5 Å². The molecule has 0 spiro atoms. The molecular weight excluding hydrogens is 466 g/mol. The molecule has 0 unspecified atom stereocenters. The number of aryl methyl sites for hydroxylation is 1. The number of aromatic nitrogens is 1. The van der Waals surface area contributed by atoms with Crippen molar-refractivity contribution in [2.45, 2.75) is 102 Å². The lowest BCUT2D eigenvalue weighted by molar-refractivity contribution is 0.0862. The maximum atomic E-state index is 11.1. The standard InChI is InChI=1S/C31H43NO3S/c1-19(7-12-28(35)31(14-15-31)29-32-18-20(2)36-29)25-10-11-26-22(6-5-13-30(25,26)4)8-9-23-16-24(33)17-27(34)21(23)3/h7-9,12,18-19,24-28,33-35H,3,5-6,10-11,13-17H2,1-2,4H3/t19-,24-,25-,26+,27+,28-,30-/m1/s1. The van der Waals surface area contributed by atoms with Crippen LogP contribution in [0.15, 0.2) is 53.8 Å². The Balaban J connectivity index is 1.29. The highest BCUT2D eigenvalue weighted by Gasteiger charge is 2.53. The van der Waals surface area contributed by atoms with Crippen molar-refractivity contribution in [3.63, 3.8) is 0 Å². The van der Waals surface area contributed by atoms with Gasteiger partial charge in [-0.2, -0.15) is 0 Å². The molecule has 4 saturated carbocycles. The maximum Gasteiger partial charge on any atom is 0.102 e. The first-order valence-corrected chi connectivity index (χ1v) is 14.7. The van der Waals surface area contributed by atoms with Crippen molar-refractivity contribution in [3.8, 4) is 0 Å². The molecule has 4 fully saturated rings. The zero-order valence-corrected chi connectivity index (χ0v) is 22.9. The van der Waals surface area contributed by atoms with Gasteiger partial charge >= 0.3 is 0 Å². The van der Waals surface area contributed by atoms with E-state index < -0.39 is 18.3 Å². The molecule has 196 valence electrons. The van der Waals surface area contributed by atoms with Crippen LogP contribution in [-0.2, 0) is 5.41 Å². The lowest BCUT2D eigenvalue weighted by Gasteiger charge is -2.44. The highest BCUT2D eigenvalue weighted by Crippen LogP contribution is 2.60. The fourth-order valence-corrected chi connectivity index (χ4v) is 8.61. The van der Waals surface area contributed by atoms with Gasteiger partial charge in [0.1, 0.15) is 5.01 Å². The Morgan fingerprint density at radius 2 is 1.94 bits per heavy atom. The van der Waals surface area contributed by atoms with Crippen LogP contribution in [0.5, 0.6) is 0 Å². The quantitative estimate of drug-likeness (QED) is 0.401. The van der Waals surface area contributed by atoms with E-state index in [1.165, 1.54) is 36.1 Å². The zero-order valence-electron chi connectivity index (χ0n) is 22.1. The first-order valence-electron chi connectivity index (χ1n) is 13.9. The van der Waals surface area contributed by atoms with Crippen molar-refractivity contribution in [1.29, 1.82) is 0 Å². The van der Waals surface area contributed by atoms with Gasteiger partial charge in [-0.1, -0.05) is 50.3 Å². The fraction of sp³-hybridized carbons (Fsp3) is 0.645. The van der Waals surface area contributed by atoms with Crippen LogP contribution in [0.4, 0.5) is 0 Å². The summed E-state index contributed by atoms with van der Waals surface area (Å²) in [6, 6.07) is 0. The molecule has 36 heavy (non-hydrogen) atoms. The summed E-state index contributed by atoms with van der Waals surface area (Å²) in [5.74, 6) is 1.60. The van der Waals surface area contributed by atoms with Crippen LogP contribution in [0, 0.1) is 30.1 Å². The smallest absolute Gasteiger partial charge is 0.102 e. The van der Waals surface area contributed by atoms with Gasteiger partial charge in [0.25, 0.3) is 0 Å². The molecule has 0 amide bonds. The summed E-state index contributed by atoms with van der Waals surface area (Å²) in [5, 5.41) is 32.5. The summed E-state index contributed by atoms with van der Waals surface area (Å²) in [7, 11) is 0. The third kappa shape index (κ3) is 4.73. The summed E-state index contributed by atoms with van der Waals surface area (Å²) in [5.41, 5.74) is 3.39. The van der Waals surface area contributed by atoms with Gasteiger partial charge in [-0.05, 0) is 92.6 Å². The highest BCUT2D eigenvalue weighted by atomic mass is 32.1. The normalized spacial score (nSPS) is 38.0. The van der Waals surface area contributed by atoms with Crippen molar-refractivity contribution >= 4 is 11.3 Å². The van der Waals surface area contributed by atoms with Crippen LogP contribution in [0.3, 0.4) is 0 Å². The second kappa shape index (κ2) is 9.98. The van der Waals surface area contributed by atoms with Gasteiger partial charge in [-0.25, -0.2) is 4.98 Å². The highest BCUT2D eigenvalue weighted by molar-refractivity contribution is 7.11. The molecule has 4 aliphatic rings. The third-order valence-electron chi connectivity index (χ3n) is 9.94. The van der Waals surface area contributed by atoms with Crippen molar-refractivity contribution in [2.75, 3.05) is 0 Å². The monoisotopic (exact) mass is 509 g/mol. The Labute approximate surface area is 220 Å². The van der Waals surface area contributed by atoms with Crippen molar-refractivity contribution in [2.24, 2.45) is 23.2 Å². The molecular formula is C31H43NO3S. The van der Waals surface area contributed by atoms with Gasteiger partial charge in [0, 0.05) is 17.5 Å². The van der Waals surface area contributed by atoms with E-state index in [0.717, 1.165) is 35.4 Å². The van der Waals surface area contributed by atoms with Crippen molar-refractivity contribution < 1.29 is 15.3 Å². The molecule has 4 aliphatic carbocycles. The van der Waals surface area contributed by atoms with E-state index in [1.54, 1.807) is 11.3 Å². The van der Waals surface area contributed by atoms with Gasteiger partial charge < -0.3 is 15.3 Å². The average molecular weight is 510 g/mol. The van der Waals surface area contributed by atoms with Crippen LogP contribution in [-0.4, -0.2) is 38.6 Å². The van der Waals surface area contributed by atoms with Crippen LogP contribution < -0.4 is 0 Å². The summed E-state index contributed by atoms with van der Waals surface area (Å²) >= 11 is 1.73. The van der Waals surface area contributed by atoms with Gasteiger partial charge in [-0.3, -0.25) is 0 Å². The third-order valence-corrected chi connectivity index (χ3v) is 11.1. The van der Waals surface area contributed by atoms with Crippen molar-refractivity contribution in [3.05, 3.63) is 63.7 Å². The van der Waals surface area contributed by atoms with Crippen LogP contribution in [0.25, 0.3) is 0 Å². The summed E-state index contributed by atoms with van der Waals surface area (Å²) in [4.78, 5) is 5.80. The average Bonchev–Trinajstić information content (AvgIpc) is 3.41. The summed E-state index contributed by atoms with van der Waals surface area (Å²) < 4.78 is 0. The first-order chi connectivity index (χ1) is 17.1. The van der Waals surface area contributed by atoms with Gasteiger partial charge in [0.2, 0.25) is 0 Å². The minimum absolute atomic E-state index is 0.157. The predicted molar refractivity (Wildman–Crippen MR) is 147 cm³/mol. The Morgan fingerprint density at radius 3 is 2.64 bits per heavy atom. The Hall–Kier alpha value is -1.53. The number of hydrogen-bond donors (Lipinski definition) is 3. The molecule has 4 nitrogen and oxygen atoms in total. The molecule has 0 bridgehead atoms. The molecule has 0 radical (unpaired) electrons. The molecule has 7 atom stereocenters. The Kier molecular flexibility index (Phi) is 7.23. The van der Waals surface area contributed by atoms with E-state index in [0.29, 0.717) is 30.6 Å². The van der Waals surface area contributed by atoms with Gasteiger partial charge in [0.05, 0.1) is 23.7 Å². The molecule has 1 heterocycles.